The van der Waals surface area contributed by atoms with Crippen LogP contribution in [0.25, 0.3) is 11.3 Å². The fraction of sp³-hybridized carbons (Fsp3) is 0.214. The van der Waals surface area contributed by atoms with Crippen LogP contribution in [0.5, 0.6) is 0 Å². The van der Waals surface area contributed by atoms with Crippen molar-refractivity contribution < 1.29 is 13.9 Å². The van der Waals surface area contributed by atoms with E-state index in [4.69, 9.17) is 9.15 Å². The predicted octanol–water partition coefficient (Wildman–Crippen LogP) is 3.43. The number of carbonyl (C=O) groups is 1. The van der Waals surface area contributed by atoms with E-state index < -0.39 is 0 Å². The van der Waals surface area contributed by atoms with Gasteiger partial charge >= 0.3 is 5.97 Å². The maximum absolute atomic E-state index is 11.8. The minimum Gasteiger partial charge on any atom is -0.462 e. The number of esters is 1. The molecule has 0 aliphatic rings. The average Bonchev–Trinajstić information content (AvgIpc) is 2.73. The van der Waals surface area contributed by atoms with Crippen molar-refractivity contribution in [2.24, 2.45) is 0 Å². The van der Waals surface area contributed by atoms with Crippen LogP contribution in [0.3, 0.4) is 0 Å². The third kappa shape index (κ3) is 2.38. The van der Waals surface area contributed by atoms with Crippen molar-refractivity contribution in [3.63, 3.8) is 0 Å². The van der Waals surface area contributed by atoms with Gasteiger partial charge in [0.05, 0.1) is 6.61 Å². The minimum atomic E-state index is -0.344. The summed E-state index contributed by atoms with van der Waals surface area (Å²) >= 11 is 0. The molecule has 3 nitrogen and oxygen atoms in total. The quantitative estimate of drug-likeness (QED) is 0.758. The zero-order valence-corrected chi connectivity index (χ0v) is 9.90. The summed E-state index contributed by atoms with van der Waals surface area (Å²) in [7, 11) is 0. The van der Waals surface area contributed by atoms with Crippen molar-refractivity contribution in [3.05, 3.63) is 47.7 Å². The van der Waals surface area contributed by atoms with E-state index >= 15 is 0 Å². The van der Waals surface area contributed by atoms with Crippen molar-refractivity contribution in [1.29, 1.82) is 0 Å². The Bertz CT molecular complexity index is 512. The van der Waals surface area contributed by atoms with Gasteiger partial charge in [0.2, 0.25) is 0 Å². The molecule has 0 atom stereocenters. The van der Waals surface area contributed by atoms with Gasteiger partial charge in [-0.05, 0) is 19.9 Å². The predicted molar refractivity (Wildman–Crippen MR) is 64.8 cm³/mol. The molecule has 0 N–H and O–H groups in total. The Labute approximate surface area is 100 Å². The lowest BCUT2D eigenvalue weighted by Crippen LogP contribution is -2.04. The number of aryl methyl sites for hydroxylation is 1. The van der Waals surface area contributed by atoms with Crippen molar-refractivity contribution in [2.45, 2.75) is 13.8 Å². The van der Waals surface area contributed by atoms with Crippen LogP contribution >= 0.6 is 0 Å². The van der Waals surface area contributed by atoms with Crippen LogP contribution in [0.4, 0.5) is 0 Å². The molecule has 0 aliphatic carbocycles. The highest BCUT2D eigenvalue weighted by atomic mass is 16.5. The van der Waals surface area contributed by atoms with Gasteiger partial charge in [0.1, 0.15) is 17.1 Å². The number of benzene rings is 1. The molecule has 1 aromatic carbocycles. The summed E-state index contributed by atoms with van der Waals surface area (Å²) in [5.41, 5.74) is 1.36. The maximum atomic E-state index is 11.8. The molecule has 1 heterocycles. The van der Waals surface area contributed by atoms with E-state index in [0.29, 0.717) is 23.7 Å². The molecule has 1 aromatic heterocycles. The van der Waals surface area contributed by atoms with Gasteiger partial charge in [-0.3, -0.25) is 0 Å². The van der Waals surface area contributed by atoms with Gasteiger partial charge < -0.3 is 9.15 Å². The van der Waals surface area contributed by atoms with Gasteiger partial charge in [0.15, 0.2) is 0 Å². The van der Waals surface area contributed by atoms with Gasteiger partial charge in [-0.2, -0.15) is 0 Å². The third-order valence-electron chi connectivity index (χ3n) is 2.39. The van der Waals surface area contributed by atoms with Crippen LogP contribution in [0, 0.1) is 6.92 Å². The summed E-state index contributed by atoms with van der Waals surface area (Å²) in [6, 6.07) is 11.2. The summed E-state index contributed by atoms with van der Waals surface area (Å²) in [5, 5.41) is 0. The van der Waals surface area contributed by atoms with Crippen molar-refractivity contribution in [2.75, 3.05) is 6.61 Å². The van der Waals surface area contributed by atoms with Gasteiger partial charge in [-0.25, -0.2) is 4.79 Å². The van der Waals surface area contributed by atoms with Crippen LogP contribution in [0.1, 0.15) is 23.0 Å². The molecule has 0 radical (unpaired) electrons. The van der Waals surface area contributed by atoms with Crippen molar-refractivity contribution in [1.82, 2.24) is 0 Å². The van der Waals surface area contributed by atoms with Gasteiger partial charge in [-0.15, -0.1) is 0 Å². The van der Waals surface area contributed by atoms with Gasteiger partial charge in [0.25, 0.3) is 0 Å². The zero-order chi connectivity index (χ0) is 12.3. The highest BCUT2D eigenvalue weighted by molar-refractivity contribution is 5.96. The number of ether oxygens (including phenoxy) is 1. The second kappa shape index (κ2) is 4.87. The molecule has 17 heavy (non-hydrogen) atoms. The van der Waals surface area contributed by atoms with E-state index in [1.807, 2.05) is 37.3 Å². The van der Waals surface area contributed by atoms with E-state index in [2.05, 4.69) is 0 Å². The monoisotopic (exact) mass is 230 g/mol. The topological polar surface area (TPSA) is 39.4 Å². The smallest absolute Gasteiger partial charge is 0.342 e. The molecular formula is C14H14O3. The maximum Gasteiger partial charge on any atom is 0.342 e. The first-order valence-electron chi connectivity index (χ1n) is 5.55. The first-order valence-corrected chi connectivity index (χ1v) is 5.55. The Morgan fingerprint density at radius 1 is 1.29 bits per heavy atom. The SMILES string of the molecule is CCOC(=O)c1cc(C)oc1-c1ccccc1. The lowest BCUT2D eigenvalue weighted by atomic mass is 10.1. The van der Waals surface area contributed by atoms with E-state index in [0.717, 1.165) is 5.56 Å². The van der Waals surface area contributed by atoms with E-state index in [1.54, 1.807) is 13.0 Å². The largest absolute Gasteiger partial charge is 0.462 e. The molecule has 0 fully saturated rings. The minimum absolute atomic E-state index is 0.344. The van der Waals surface area contributed by atoms with Crippen molar-refractivity contribution >= 4 is 5.97 Å². The van der Waals surface area contributed by atoms with Crippen LogP contribution in [0.2, 0.25) is 0 Å². The summed E-state index contributed by atoms with van der Waals surface area (Å²) in [6.45, 7) is 3.96. The zero-order valence-electron chi connectivity index (χ0n) is 9.90. The summed E-state index contributed by atoms with van der Waals surface area (Å²) in [6.07, 6.45) is 0. The number of hydrogen-bond acceptors (Lipinski definition) is 3. The standard InChI is InChI=1S/C14H14O3/c1-3-16-14(15)12-9-10(2)17-13(12)11-7-5-4-6-8-11/h4-9H,3H2,1-2H3. The fourth-order valence-electron chi connectivity index (χ4n) is 1.68. The third-order valence-corrected chi connectivity index (χ3v) is 2.39. The second-order valence-corrected chi connectivity index (χ2v) is 3.69. The highest BCUT2D eigenvalue weighted by Gasteiger charge is 2.18. The summed E-state index contributed by atoms with van der Waals surface area (Å²) in [4.78, 5) is 11.8. The number of hydrogen-bond donors (Lipinski definition) is 0. The number of furan rings is 1. The molecule has 0 amide bonds. The highest BCUT2D eigenvalue weighted by Crippen LogP contribution is 2.27. The van der Waals surface area contributed by atoms with E-state index in [-0.39, 0.29) is 5.97 Å². The number of carbonyl (C=O) groups excluding carboxylic acids is 1. The first-order chi connectivity index (χ1) is 8.22. The van der Waals surface area contributed by atoms with Gasteiger partial charge in [0, 0.05) is 5.56 Å². The molecule has 0 spiro atoms. The second-order valence-electron chi connectivity index (χ2n) is 3.69. The van der Waals surface area contributed by atoms with E-state index in [1.165, 1.54) is 0 Å². The molecule has 0 saturated carbocycles. The van der Waals surface area contributed by atoms with Crippen LogP contribution in [-0.2, 0) is 4.74 Å². The molecule has 0 unspecified atom stereocenters. The van der Waals surface area contributed by atoms with Gasteiger partial charge in [-0.1, -0.05) is 30.3 Å². The lowest BCUT2D eigenvalue weighted by molar-refractivity contribution is 0.0527. The Morgan fingerprint density at radius 3 is 2.65 bits per heavy atom. The molecule has 2 rings (SSSR count). The number of rotatable bonds is 3. The Balaban J connectivity index is 2.44. The van der Waals surface area contributed by atoms with E-state index in [9.17, 15) is 4.79 Å². The molecule has 3 heteroatoms. The van der Waals surface area contributed by atoms with Crippen LogP contribution < -0.4 is 0 Å². The summed E-state index contributed by atoms with van der Waals surface area (Å²) < 4.78 is 10.6. The Kier molecular flexibility index (Phi) is 3.28. The average molecular weight is 230 g/mol. The molecular weight excluding hydrogens is 216 g/mol. The normalized spacial score (nSPS) is 10.2. The molecule has 0 aliphatic heterocycles. The van der Waals surface area contributed by atoms with Crippen molar-refractivity contribution in [3.8, 4) is 11.3 Å². The molecule has 0 bridgehead atoms. The first kappa shape index (κ1) is 11.5. The van der Waals surface area contributed by atoms with Crippen LogP contribution in [-0.4, -0.2) is 12.6 Å². The fourth-order valence-corrected chi connectivity index (χ4v) is 1.68. The Hall–Kier alpha value is -2.03. The molecule has 0 saturated heterocycles. The molecule has 2 aromatic rings. The molecule has 88 valence electrons. The lowest BCUT2D eigenvalue weighted by Gasteiger charge is -2.02. The van der Waals surface area contributed by atoms with Crippen LogP contribution in [0.15, 0.2) is 40.8 Å². The Morgan fingerprint density at radius 2 is 2.00 bits per heavy atom. The summed E-state index contributed by atoms with van der Waals surface area (Å²) in [5.74, 6) is 0.927.